The van der Waals surface area contributed by atoms with E-state index in [0.29, 0.717) is 18.5 Å². The van der Waals surface area contributed by atoms with Crippen molar-refractivity contribution in [1.82, 2.24) is 4.90 Å². The average Bonchev–Trinajstić information content (AvgIpc) is 2.44. The van der Waals surface area contributed by atoms with E-state index in [-0.39, 0.29) is 12.5 Å². The summed E-state index contributed by atoms with van der Waals surface area (Å²) in [7, 11) is 0. The van der Waals surface area contributed by atoms with Crippen molar-refractivity contribution in [3.63, 3.8) is 0 Å². The van der Waals surface area contributed by atoms with Crippen LogP contribution in [0.15, 0.2) is 24.3 Å². The molecule has 1 aliphatic heterocycles. The Kier molecular flexibility index (Phi) is 5.13. The molecule has 0 spiro atoms. The summed E-state index contributed by atoms with van der Waals surface area (Å²) >= 11 is 0. The molecule has 1 amide bonds. The summed E-state index contributed by atoms with van der Waals surface area (Å²) in [6.07, 6.45) is -4.32. The van der Waals surface area contributed by atoms with Gasteiger partial charge in [0.2, 0.25) is 0 Å². The molecule has 1 heterocycles. The third kappa shape index (κ3) is 4.63. The monoisotopic (exact) mass is 344 g/mol. The highest BCUT2D eigenvalue weighted by atomic mass is 19.4. The second-order valence-electron chi connectivity index (χ2n) is 7.11. The molecule has 2 unspecified atom stereocenters. The number of carbonyl (C=O) groups excluding carboxylic acids is 1. The van der Waals surface area contributed by atoms with Crippen LogP contribution in [-0.2, 0) is 10.9 Å². The maximum Gasteiger partial charge on any atom is 0.416 e. The zero-order valence-electron chi connectivity index (χ0n) is 14.1. The zero-order valence-corrected chi connectivity index (χ0v) is 14.1. The van der Waals surface area contributed by atoms with Crippen LogP contribution in [0.4, 0.5) is 18.0 Å². The summed E-state index contributed by atoms with van der Waals surface area (Å²) < 4.78 is 43.9. The molecule has 2 rings (SSSR count). The van der Waals surface area contributed by atoms with Gasteiger partial charge >= 0.3 is 12.3 Å². The van der Waals surface area contributed by atoms with Crippen LogP contribution in [0, 0.1) is 0 Å². The molecule has 134 valence electrons. The minimum absolute atomic E-state index is 0.217. The summed E-state index contributed by atoms with van der Waals surface area (Å²) in [6, 6.07) is 4.81. The Hall–Kier alpha value is -1.76. The molecule has 1 fully saturated rings. The highest BCUT2D eigenvalue weighted by Crippen LogP contribution is 2.34. The Morgan fingerprint density at radius 3 is 2.50 bits per heavy atom. The lowest BCUT2D eigenvalue weighted by Crippen LogP contribution is -2.50. The number of rotatable bonds is 1. The number of piperidine rings is 1. The molecular weight excluding hydrogens is 321 g/mol. The van der Waals surface area contributed by atoms with Crippen molar-refractivity contribution < 1.29 is 22.7 Å². The number of nitrogens with two attached hydrogens (primary N) is 1. The predicted molar refractivity (Wildman–Crippen MR) is 84.6 cm³/mol. The molecule has 1 aromatic carbocycles. The van der Waals surface area contributed by atoms with Gasteiger partial charge in [0.05, 0.1) is 5.56 Å². The summed E-state index contributed by atoms with van der Waals surface area (Å²) in [5, 5.41) is 0. The van der Waals surface area contributed by atoms with E-state index in [1.54, 1.807) is 26.8 Å². The lowest BCUT2D eigenvalue weighted by Gasteiger charge is -2.37. The number of benzene rings is 1. The van der Waals surface area contributed by atoms with Crippen molar-refractivity contribution >= 4 is 6.09 Å². The van der Waals surface area contributed by atoms with Gasteiger partial charge < -0.3 is 15.4 Å². The molecular formula is C17H23F3N2O2. The van der Waals surface area contributed by atoms with Gasteiger partial charge in [0.15, 0.2) is 0 Å². The van der Waals surface area contributed by atoms with E-state index in [9.17, 15) is 18.0 Å². The maximum atomic E-state index is 12.9. The van der Waals surface area contributed by atoms with Crippen molar-refractivity contribution in [3.05, 3.63) is 35.4 Å². The highest BCUT2D eigenvalue weighted by molar-refractivity contribution is 5.68. The quantitative estimate of drug-likeness (QED) is 0.844. The zero-order chi connectivity index (χ0) is 18.1. The minimum atomic E-state index is -4.38. The molecule has 7 heteroatoms. The van der Waals surface area contributed by atoms with Crippen molar-refractivity contribution in [1.29, 1.82) is 0 Å². The van der Waals surface area contributed by atoms with E-state index in [1.807, 2.05) is 0 Å². The Morgan fingerprint density at radius 2 is 1.96 bits per heavy atom. The van der Waals surface area contributed by atoms with Crippen LogP contribution < -0.4 is 5.73 Å². The van der Waals surface area contributed by atoms with Gasteiger partial charge in [-0.15, -0.1) is 0 Å². The molecule has 0 aromatic heterocycles. The van der Waals surface area contributed by atoms with Gasteiger partial charge in [0, 0.05) is 25.0 Å². The summed E-state index contributed by atoms with van der Waals surface area (Å²) in [5.41, 5.74) is 5.41. The molecule has 1 saturated heterocycles. The number of hydrogen-bond donors (Lipinski definition) is 1. The first-order chi connectivity index (χ1) is 11.0. The SMILES string of the molecule is CC(C)(C)OC(=O)N1CCC(c2cccc(C(F)(F)F)c2)C(N)C1. The third-order valence-corrected chi connectivity index (χ3v) is 3.95. The highest BCUT2D eigenvalue weighted by Gasteiger charge is 2.35. The van der Waals surface area contributed by atoms with Gasteiger partial charge in [-0.1, -0.05) is 18.2 Å². The van der Waals surface area contributed by atoms with Crippen molar-refractivity contribution in [2.24, 2.45) is 5.73 Å². The molecule has 0 saturated carbocycles. The van der Waals surface area contributed by atoms with E-state index in [2.05, 4.69) is 0 Å². The predicted octanol–water partition coefficient (Wildman–Crippen LogP) is 3.76. The summed E-state index contributed by atoms with van der Waals surface area (Å²) in [5.74, 6) is -0.217. The normalized spacial score (nSPS) is 22.4. The average molecular weight is 344 g/mol. The van der Waals surface area contributed by atoms with Gasteiger partial charge in [-0.3, -0.25) is 0 Å². The molecule has 2 atom stereocenters. The van der Waals surface area contributed by atoms with Crippen LogP contribution >= 0.6 is 0 Å². The lowest BCUT2D eigenvalue weighted by atomic mass is 9.85. The molecule has 2 N–H and O–H groups in total. The number of ether oxygens (including phenoxy) is 1. The van der Waals surface area contributed by atoms with Crippen molar-refractivity contribution in [3.8, 4) is 0 Å². The van der Waals surface area contributed by atoms with Gasteiger partial charge in [0.25, 0.3) is 0 Å². The molecule has 1 aliphatic rings. The topological polar surface area (TPSA) is 55.6 Å². The van der Waals surface area contributed by atoms with Gasteiger partial charge in [-0.25, -0.2) is 4.79 Å². The fraction of sp³-hybridized carbons (Fsp3) is 0.588. The fourth-order valence-electron chi connectivity index (χ4n) is 2.83. The van der Waals surface area contributed by atoms with E-state index < -0.39 is 29.5 Å². The Morgan fingerprint density at radius 1 is 1.29 bits per heavy atom. The number of carbonyl (C=O) groups is 1. The number of amides is 1. The molecule has 0 aliphatic carbocycles. The number of halogens is 3. The molecule has 0 radical (unpaired) electrons. The van der Waals surface area contributed by atoms with Crippen LogP contribution in [-0.4, -0.2) is 35.7 Å². The first-order valence-electron chi connectivity index (χ1n) is 7.88. The molecule has 24 heavy (non-hydrogen) atoms. The van der Waals surface area contributed by atoms with Crippen LogP contribution in [0.3, 0.4) is 0 Å². The smallest absolute Gasteiger partial charge is 0.416 e. The van der Waals surface area contributed by atoms with Gasteiger partial charge in [-0.2, -0.15) is 13.2 Å². The van der Waals surface area contributed by atoms with Gasteiger partial charge in [0.1, 0.15) is 5.60 Å². The van der Waals surface area contributed by atoms with Crippen molar-refractivity contribution in [2.75, 3.05) is 13.1 Å². The number of nitrogens with zero attached hydrogens (tertiary/aromatic N) is 1. The molecule has 4 nitrogen and oxygen atoms in total. The van der Waals surface area contributed by atoms with Gasteiger partial charge in [-0.05, 0) is 38.8 Å². The van der Waals surface area contributed by atoms with E-state index in [4.69, 9.17) is 10.5 Å². The Labute approximate surface area is 139 Å². The maximum absolute atomic E-state index is 12.9. The van der Waals surface area contributed by atoms with E-state index >= 15 is 0 Å². The second kappa shape index (κ2) is 6.63. The minimum Gasteiger partial charge on any atom is -0.444 e. The van der Waals surface area contributed by atoms with Crippen LogP contribution in [0.2, 0.25) is 0 Å². The first-order valence-corrected chi connectivity index (χ1v) is 7.88. The Balaban J connectivity index is 2.08. The standard InChI is InChI=1S/C17H23F3N2O2/c1-16(2,3)24-15(23)22-8-7-13(14(21)10-22)11-5-4-6-12(9-11)17(18,19)20/h4-6,9,13-14H,7-8,10,21H2,1-3H3. The van der Waals surface area contributed by atoms with E-state index in [1.165, 1.54) is 11.0 Å². The lowest BCUT2D eigenvalue weighted by molar-refractivity contribution is -0.137. The number of likely N-dealkylation sites (tertiary alicyclic amines) is 1. The van der Waals surface area contributed by atoms with Crippen molar-refractivity contribution in [2.45, 2.75) is 50.9 Å². The summed E-state index contributed by atoms with van der Waals surface area (Å²) in [6.45, 7) is 6.00. The largest absolute Gasteiger partial charge is 0.444 e. The second-order valence-corrected chi connectivity index (χ2v) is 7.11. The first kappa shape index (κ1) is 18.6. The number of hydrogen-bond acceptors (Lipinski definition) is 3. The molecule has 1 aromatic rings. The number of alkyl halides is 3. The summed E-state index contributed by atoms with van der Waals surface area (Å²) in [4.78, 5) is 13.6. The molecule has 0 bridgehead atoms. The van der Waals surface area contributed by atoms with Crippen LogP contribution in [0.1, 0.15) is 44.2 Å². The van der Waals surface area contributed by atoms with Crippen LogP contribution in [0.5, 0.6) is 0 Å². The van der Waals surface area contributed by atoms with E-state index in [0.717, 1.165) is 12.1 Å². The fourth-order valence-corrected chi connectivity index (χ4v) is 2.83. The van der Waals surface area contributed by atoms with Crippen LogP contribution in [0.25, 0.3) is 0 Å². The third-order valence-electron chi connectivity index (χ3n) is 3.95. The Bertz CT molecular complexity index is 596.